The first-order valence-electron chi connectivity index (χ1n) is 10.7. The first-order chi connectivity index (χ1) is 15.1. The fraction of sp³-hybridized carbons (Fsp3) is 0.320. The van der Waals surface area contributed by atoms with Crippen molar-refractivity contribution in [1.29, 1.82) is 0 Å². The number of pyridine rings is 2. The molecule has 4 rings (SSSR count). The number of nitrogens with zero attached hydrogens (tertiary/aromatic N) is 2. The van der Waals surface area contributed by atoms with Crippen LogP contribution in [0.25, 0.3) is 11.1 Å². The molecule has 0 saturated heterocycles. The molecule has 1 aliphatic carbocycles. The molecule has 1 saturated carbocycles. The van der Waals surface area contributed by atoms with Gasteiger partial charge >= 0.3 is 0 Å². The van der Waals surface area contributed by atoms with Gasteiger partial charge in [-0.05, 0) is 61.1 Å². The predicted molar refractivity (Wildman–Crippen MR) is 122 cm³/mol. The molecule has 0 aliphatic heterocycles. The van der Waals surface area contributed by atoms with Crippen molar-refractivity contribution in [3.8, 4) is 11.1 Å². The molecule has 1 amide bonds. The van der Waals surface area contributed by atoms with Gasteiger partial charge < -0.3 is 10.4 Å². The number of halogens is 1. The second kappa shape index (κ2) is 10.0. The Morgan fingerprint density at radius 3 is 2.65 bits per heavy atom. The minimum atomic E-state index is -0.486. The van der Waals surface area contributed by atoms with E-state index in [4.69, 9.17) is 11.6 Å². The Morgan fingerprint density at radius 2 is 1.90 bits per heavy atom. The van der Waals surface area contributed by atoms with Crippen LogP contribution in [0.3, 0.4) is 0 Å². The number of carbonyl (C=O) groups is 1. The summed E-state index contributed by atoms with van der Waals surface area (Å²) in [7, 11) is 0. The van der Waals surface area contributed by atoms with E-state index in [1.807, 2.05) is 48.7 Å². The second-order valence-corrected chi connectivity index (χ2v) is 8.45. The van der Waals surface area contributed by atoms with Gasteiger partial charge in [-0.3, -0.25) is 14.8 Å². The van der Waals surface area contributed by atoms with Crippen LogP contribution in [0.2, 0.25) is 5.02 Å². The fourth-order valence-electron chi connectivity index (χ4n) is 4.04. The van der Waals surface area contributed by atoms with Gasteiger partial charge in [0.1, 0.15) is 0 Å². The van der Waals surface area contributed by atoms with E-state index in [1.165, 1.54) is 0 Å². The Morgan fingerprint density at radius 1 is 1.10 bits per heavy atom. The van der Waals surface area contributed by atoms with Crippen molar-refractivity contribution in [3.63, 3.8) is 0 Å². The molecule has 2 N–H and O–H groups in total. The molecule has 31 heavy (non-hydrogen) atoms. The minimum absolute atomic E-state index is 0.201. The van der Waals surface area contributed by atoms with Crippen molar-refractivity contribution in [2.45, 2.75) is 50.7 Å². The van der Waals surface area contributed by atoms with E-state index in [-0.39, 0.29) is 11.9 Å². The summed E-state index contributed by atoms with van der Waals surface area (Å²) in [5.74, 6) is -0.201. The highest BCUT2D eigenvalue weighted by Gasteiger charge is 2.25. The number of benzene rings is 1. The summed E-state index contributed by atoms with van der Waals surface area (Å²) in [6.07, 6.45) is 9.85. The number of hydrogen-bond donors (Lipinski definition) is 2. The maximum atomic E-state index is 12.9. The molecule has 2 aromatic heterocycles. The van der Waals surface area contributed by atoms with E-state index in [2.05, 4.69) is 15.3 Å². The maximum absolute atomic E-state index is 12.9. The van der Waals surface area contributed by atoms with Crippen molar-refractivity contribution < 1.29 is 9.90 Å². The van der Waals surface area contributed by atoms with E-state index >= 15 is 0 Å². The molecule has 0 radical (unpaired) electrons. The lowest BCUT2D eigenvalue weighted by Gasteiger charge is -2.28. The molecule has 1 aromatic carbocycles. The Balaban J connectivity index is 1.59. The van der Waals surface area contributed by atoms with Crippen LogP contribution in [0.5, 0.6) is 0 Å². The Hall–Kier alpha value is -2.76. The third-order valence-electron chi connectivity index (χ3n) is 5.81. The lowest BCUT2D eigenvalue weighted by molar-refractivity contribution is 0.0717. The first-order valence-corrected chi connectivity index (χ1v) is 11.1. The number of aliphatic hydroxyl groups excluding tert-OH is 1. The molecule has 2 unspecified atom stereocenters. The normalized spacial score (nSPS) is 18.5. The molecule has 3 aromatic rings. The van der Waals surface area contributed by atoms with Crippen molar-refractivity contribution in [3.05, 3.63) is 82.9 Å². The SMILES string of the molecule is O=C(NC1CCCCC1O)c1cnc(CCc2cccnc2)c(-c2ccc(Cl)cc2)c1. The molecule has 5 nitrogen and oxygen atoms in total. The topological polar surface area (TPSA) is 75.1 Å². The molecule has 160 valence electrons. The number of amides is 1. The van der Waals surface area contributed by atoms with Gasteiger partial charge in [-0.25, -0.2) is 0 Å². The van der Waals surface area contributed by atoms with Crippen molar-refractivity contribution in [2.24, 2.45) is 0 Å². The summed E-state index contributed by atoms with van der Waals surface area (Å²) >= 11 is 6.07. The van der Waals surface area contributed by atoms with Crippen LogP contribution in [0, 0.1) is 0 Å². The Kier molecular flexibility index (Phi) is 6.95. The monoisotopic (exact) mass is 435 g/mol. The predicted octanol–water partition coefficient (Wildman–Crippen LogP) is 4.62. The highest BCUT2D eigenvalue weighted by Crippen LogP contribution is 2.27. The number of aromatic nitrogens is 2. The summed E-state index contributed by atoms with van der Waals surface area (Å²) in [5.41, 5.74) is 4.43. The van der Waals surface area contributed by atoms with Crippen LogP contribution in [-0.4, -0.2) is 33.1 Å². The van der Waals surface area contributed by atoms with Crippen LogP contribution >= 0.6 is 11.6 Å². The smallest absolute Gasteiger partial charge is 0.253 e. The molecular weight excluding hydrogens is 410 g/mol. The standard InChI is InChI=1S/C25H26ClN3O2/c26-20-10-8-18(9-11-20)21-14-19(25(31)29-23-5-1-2-6-24(23)30)16-28-22(21)12-7-17-4-3-13-27-15-17/h3-4,8-11,13-16,23-24,30H,1-2,5-7,12H2,(H,29,31). The maximum Gasteiger partial charge on any atom is 0.253 e. The van der Waals surface area contributed by atoms with Crippen molar-refractivity contribution >= 4 is 17.5 Å². The van der Waals surface area contributed by atoms with Gasteiger partial charge in [-0.2, -0.15) is 0 Å². The summed E-state index contributed by atoms with van der Waals surface area (Å²) < 4.78 is 0. The first kappa shape index (κ1) is 21.5. The highest BCUT2D eigenvalue weighted by molar-refractivity contribution is 6.30. The minimum Gasteiger partial charge on any atom is -0.391 e. The number of nitrogens with one attached hydrogen (secondary N) is 1. The fourth-order valence-corrected chi connectivity index (χ4v) is 4.16. The number of hydrogen-bond acceptors (Lipinski definition) is 4. The molecule has 1 aliphatic rings. The summed E-state index contributed by atoms with van der Waals surface area (Å²) in [4.78, 5) is 21.7. The van der Waals surface area contributed by atoms with Crippen LogP contribution in [0.4, 0.5) is 0 Å². The zero-order valence-corrected chi connectivity index (χ0v) is 18.1. The van der Waals surface area contributed by atoms with Gasteiger partial charge in [0, 0.05) is 34.9 Å². The van der Waals surface area contributed by atoms with Crippen LogP contribution in [0.15, 0.2) is 61.1 Å². The van der Waals surface area contributed by atoms with Crippen LogP contribution < -0.4 is 5.32 Å². The van der Waals surface area contributed by atoms with Gasteiger partial charge in [0.25, 0.3) is 5.91 Å². The van der Waals surface area contributed by atoms with Gasteiger partial charge in [-0.15, -0.1) is 0 Å². The van der Waals surface area contributed by atoms with E-state index in [0.29, 0.717) is 10.6 Å². The van der Waals surface area contributed by atoms with E-state index in [1.54, 1.807) is 12.4 Å². The van der Waals surface area contributed by atoms with Crippen molar-refractivity contribution in [1.82, 2.24) is 15.3 Å². The number of rotatable bonds is 6. The largest absolute Gasteiger partial charge is 0.391 e. The third kappa shape index (κ3) is 5.49. The summed E-state index contributed by atoms with van der Waals surface area (Å²) in [6.45, 7) is 0. The Bertz CT molecular complexity index is 1020. The number of carbonyl (C=O) groups excluding carboxylic acids is 1. The van der Waals surface area contributed by atoms with E-state index in [9.17, 15) is 9.90 Å². The number of aryl methyl sites for hydroxylation is 2. The highest BCUT2D eigenvalue weighted by atomic mass is 35.5. The lowest BCUT2D eigenvalue weighted by Crippen LogP contribution is -2.45. The molecule has 2 heterocycles. The molecule has 0 spiro atoms. The zero-order chi connectivity index (χ0) is 21.6. The van der Waals surface area contributed by atoms with Gasteiger partial charge in [0.2, 0.25) is 0 Å². The lowest BCUT2D eigenvalue weighted by atomic mass is 9.92. The van der Waals surface area contributed by atoms with Crippen LogP contribution in [0.1, 0.15) is 47.3 Å². The van der Waals surface area contributed by atoms with E-state index < -0.39 is 6.10 Å². The van der Waals surface area contributed by atoms with Gasteiger partial charge in [0.15, 0.2) is 0 Å². The third-order valence-corrected chi connectivity index (χ3v) is 6.06. The Labute approximate surface area is 187 Å². The van der Waals surface area contributed by atoms with Gasteiger partial charge in [0.05, 0.1) is 17.7 Å². The zero-order valence-electron chi connectivity index (χ0n) is 17.3. The molecule has 1 fully saturated rings. The average Bonchev–Trinajstić information content (AvgIpc) is 2.80. The van der Waals surface area contributed by atoms with Crippen LogP contribution in [-0.2, 0) is 12.8 Å². The molecule has 0 bridgehead atoms. The van der Waals surface area contributed by atoms with Gasteiger partial charge in [-0.1, -0.05) is 42.6 Å². The number of aliphatic hydroxyl groups is 1. The average molecular weight is 436 g/mol. The van der Waals surface area contributed by atoms with Crippen molar-refractivity contribution in [2.75, 3.05) is 0 Å². The quantitative estimate of drug-likeness (QED) is 0.592. The van der Waals surface area contributed by atoms with E-state index in [0.717, 1.165) is 60.9 Å². The summed E-state index contributed by atoms with van der Waals surface area (Å²) in [6, 6.07) is 13.2. The molecule has 2 atom stereocenters. The summed E-state index contributed by atoms with van der Waals surface area (Å²) in [5, 5.41) is 13.9. The molecular formula is C25H26ClN3O2. The second-order valence-electron chi connectivity index (χ2n) is 8.02. The molecule has 6 heteroatoms.